The predicted molar refractivity (Wildman–Crippen MR) is 134 cm³/mol. The minimum absolute atomic E-state index is 0.0119. The quantitative estimate of drug-likeness (QED) is 0.353. The molecule has 176 valence electrons. The average molecular weight is 497 g/mol. The Morgan fingerprint density at radius 2 is 2.06 bits per heavy atom. The first-order chi connectivity index (χ1) is 16.5. The highest BCUT2D eigenvalue weighted by molar-refractivity contribution is 7.19. The summed E-state index contributed by atoms with van der Waals surface area (Å²) in [5.74, 6) is 0.929. The van der Waals surface area contributed by atoms with Gasteiger partial charge in [-0.05, 0) is 61.2 Å². The monoisotopic (exact) mass is 496 g/mol. The molecule has 0 radical (unpaired) electrons. The molecule has 1 aromatic carbocycles. The Kier molecular flexibility index (Phi) is 7.83. The summed E-state index contributed by atoms with van der Waals surface area (Å²) in [6.07, 6.45) is 5.67. The molecule has 0 bridgehead atoms. The lowest BCUT2D eigenvalue weighted by atomic mass is 10.00. The van der Waals surface area contributed by atoms with Crippen molar-refractivity contribution in [2.45, 2.75) is 26.3 Å². The number of aromatic nitrogens is 3. The highest BCUT2D eigenvalue weighted by atomic mass is 35.5. The van der Waals surface area contributed by atoms with Crippen molar-refractivity contribution in [2.24, 2.45) is 5.92 Å². The van der Waals surface area contributed by atoms with E-state index in [9.17, 15) is 10.1 Å². The van der Waals surface area contributed by atoms with Gasteiger partial charge < -0.3 is 14.2 Å². The molecule has 1 aliphatic heterocycles. The summed E-state index contributed by atoms with van der Waals surface area (Å²) in [5.41, 5.74) is 0.717. The zero-order valence-electron chi connectivity index (χ0n) is 18.8. The molecule has 2 aromatic heterocycles. The molecule has 0 saturated carbocycles. The second-order valence-corrected chi connectivity index (χ2v) is 9.50. The van der Waals surface area contributed by atoms with E-state index < -0.39 is 5.91 Å². The van der Waals surface area contributed by atoms with Crippen LogP contribution in [0.3, 0.4) is 0 Å². The summed E-state index contributed by atoms with van der Waals surface area (Å²) in [6.45, 7) is 5.10. The third kappa shape index (κ3) is 6.16. The van der Waals surface area contributed by atoms with Crippen LogP contribution in [0.15, 0.2) is 48.2 Å². The number of halogens is 1. The largest absolute Gasteiger partial charge is 0.492 e. The van der Waals surface area contributed by atoms with Crippen molar-refractivity contribution < 1.29 is 9.53 Å². The lowest BCUT2D eigenvalue weighted by molar-refractivity contribution is -0.112. The van der Waals surface area contributed by atoms with E-state index in [1.54, 1.807) is 18.2 Å². The number of carbonyl (C=O) groups is 1. The molecule has 0 atom stereocenters. The molecular formula is C24H25ClN6O2S. The van der Waals surface area contributed by atoms with Crippen LogP contribution < -0.4 is 15.0 Å². The van der Waals surface area contributed by atoms with E-state index in [1.807, 2.05) is 41.1 Å². The van der Waals surface area contributed by atoms with Crippen LogP contribution in [0.4, 0.5) is 10.3 Å². The zero-order valence-corrected chi connectivity index (χ0v) is 20.3. The van der Waals surface area contributed by atoms with Gasteiger partial charge in [0.25, 0.3) is 5.91 Å². The topological polar surface area (TPSA) is 96.1 Å². The molecule has 4 rings (SSSR count). The van der Waals surface area contributed by atoms with E-state index in [-0.39, 0.29) is 5.57 Å². The van der Waals surface area contributed by atoms with E-state index in [2.05, 4.69) is 27.3 Å². The first-order valence-electron chi connectivity index (χ1n) is 11.1. The number of nitrogens with zero attached hydrogens (tertiary/aromatic N) is 5. The standard InChI is InChI=1S/C24H25ClN6O2S/c1-17-8-11-31(12-9-17)24-29-28-23(34-24)27-22(32)18(16-26)15-20-3-2-10-30(20)13-14-33-21-6-4-19(25)5-7-21/h2-7,10,15,17H,8-9,11-14H2,1H3,(H,27,28,32)/b18-15-. The van der Waals surface area contributed by atoms with Crippen LogP contribution >= 0.6 is 22.9 Å². The van der Waals surface area contributed by atoms with Crippen molar-refractivity contribution >= 4 is 45.2 Å². The second-order valence-electron chi connectivity index (χ2n) is 8.11. The molecule has 1 fully saturated rings. The van der Waals surface area contributed by atoms with E-state index in [1.165, 1.54) is 11.3 Å². The normalized spacial score (nSPS) is 14.6. The maximum absolute atomic E-state index is 12.7. The number of piperidine rings is 1. The second kappa shape index (κ2) is 11.2. The molecule has 3 heterocycles. The highest BCUT2D eigenvalue weighted by Gasteiger charge is 2.20. The third-order valence-electron chi connectivity index (χ3n) is 5.63. The molecule has 3 aromatic rings. The summed E-state index contributed by atoms with van der Waals surface area (Å²) in [7, 11) is 0. The molecule has 8 nitrogen and oxygen atoms in total. The Hall–Kier alpha value is -3.35. The van der Waals surface area contributed by atoms with Crippen LogP contribution in [0.1, 0.15) is 25.5 Å². The van der Waals surface area contributed by atoms with E-state index >= 15 is 0 Å². The molecule has 1 N–H and O–H groups in total. The summed E-state index contributed by atoms with van der Waals surface area (Å²) >= 11 is 7.22. The number of benzene rings is 1. The van der Waals surface area contributed by atoms with E-state index in [0.717, 1.165) is 48.4 Å². The van der Waals surface area contributed by atoms with Crippen LogP contribution in [-0.4, -0.2) is 40.4 Å². The van der Waals surface area contributed by atoms with Gasteiger partial charge in [0, 0.05) is 30.0 Å². The Balaban J connectivity index is 1.36. The maximum Gasteiger partial charge on any atom is 0.268 e. The Morgan fingerprint density at radius 1 is 1.29 bits per heavy atom. The number of nitrogens with one attached hydrogen (secondary N) is 1. The third-order valence-corrected chi connectivity index (χ3v) is 6.78. The van der Waals surface area contributed by atoms with Crippen LogP contribution in [0, 0.1) is 17.2 Å². The number of anilines is 2. The highest BCUT2D eigenvalue weighted by Crippen LogP contribution is 2.28. The summed E-state index contributed by atoms with van der Waals surface area (Å²) in [6, 6.07) is 12.8. The predicted octanol–water partition coefficient (Wildman–Crippen LogP) is 4.85. The Labute approximate surface area is 207 Å². The van der Waals surface area contributed by atoms with Crippen molar-refractivity contribution in [3.63, 3.8) is 0 Å². The Morgan fingerprint density at radius 3 is 2.79 bits per heavy atom. The average Bonchev–Trinajstić information content (AvgIpc) is 3.48. The molecule has 0 unspecified atom stereocenters. The van der Waals surface area contributed by atoms with Gasteiger partial charge in [-0.15, -0.1) is 10.2 Å². The molecule has 0 aliphatic carbocycles. The fraction of sp³-hybridized carbons (Fsp3) is 0.333. The lowest BCUT2D eigenvalue weighted by Crippen LogP contribution is -2.32. The zero-order chi connectivity index (χ0) is 23.9. The molecule has 34 heavy (non-hydrogen) atoms. The molecular weight excluding hydrogens is 472 g/mol. The number of hydrogen-bond donors (Lipinski definition) is 1. The maximum atomic E-state index is 12.7. The van der Waals surface area contributed by atoms with E-state index in [4.69, 9.17) is 16.3 Å². The minimum Gasteiger partial charge on any atom is -0.492 e. The van der Waals surface area contributed by atoms with Crippen LogP contribution in [0.25, 0.3) is 6.08 Å². The lowest BCUT2D eigenvalue weighted by Gasteiger charge is -2.29. The van der Waals surface area contributed by atoms with Gasteiger partial charge in [0.15, 0.2) is 0 Å². The number of hydrogen-bond acceptors (Lipinski definition) is 7. The van der Waals surface area contributed by atoms with Crippen molar-refractivity contribution in [3.05, 3.63) is 58.9 Å². The summed E-state index contributed by atoms with van der Waals surface area (Å²) < 4.78 is 7.66. The molecule has 1 amide bonds. The van der Waals surface area contributed by atoms with Crippen LogP contribution in [0.2, 0.25) is 5.02 Å². The molecule has 1 aliphatic rings. The van der Waals surface area contributed by atoms with Crippen molar-refractivity contribution in [1.29, 1.82) is 5.26 Å². The molecule has 0 spiro atoms. The fourth-order valence-corrected chi connectivity index (χ4v) is 4.53. The number of carbonyl (C=O) groups excluding carboxylic acids is 1. The van der Waals surface area contributed by atoms with Crippen LogP contribution in [0.5, 0.6) is 5.75 Å². The molecule has 1 saturated heterocycles. The fourth-order valence-electron chi connectivity index (χ4n) is 3.61. The summed E-state index contributed by atoms with van der Waals surface area (Å²) in [5, 5.41) is 22.4. The van der Waals surface area contributed by atoms with Crippen molar-refractivity contribution in [3.8, 4) is 11.8 Å². The van der Waals surface area contributed by atoms with Crippen molar-refractivity contribution in [1.82, 2.24) is 14.8 Å². The van der Waals surface area contributed by atoms with Gasteiger partial charge in [0.2, 0.25) is 10.3 Å². The minimum atomic E-state index is -0.511. The van der Waals surface area contributed by atoms with Crippen LogP contribution in [-0.2, 0) is 11.3 Å². The first kappa shape index (κ1) is 23.8. The van der Waals surface area contributed by atoms with Gasteiger partial charge in [0.1, 0.15) is 24.0 Å². The smallest absolute Gasteiger partial charge is 0.268 e. The first-order valence-corrected chi connectivity index (χ1v) is 12.3. The number of ether oxygens (including phenoxy) is 1. The number of nitriles is 1. The SMILES string of the molecule is CC1CCN(c2nnc(NC(=O)/C(C#N)=C\c3cccn3CCOc3ccc(Cl)cc3)s2)CC1. The Bertz CT molecular complexity index is 1190. The van der Waals surface area contributed by atoms with Gasteiger partial charge >= 0.3 is 0 Å². The van der Waals surface area contributed by atoms with Gasteiger partial charge in [0.05, 0.1) is 6.54 Å². The van der Waals surface area contributed by atoms with Gasteiger partial charge in [-0.2, -0.15) is 5.26 Å². The van der Waals surface area contributed by atoms with E-state index in [0.29, 0.717) is 23.3 Å². The van der Waals surface area contributed by atoms with Gasteiger partial charge in [-0.1, -0.05) is 29.9 Å². The van der Waals surface area contributed by atoms with Crippen molar-refractivity contribution in [2.75, 3.05) is 29.9 Å². The number of amides is 1. The summed E-state index contributed by atoms with van der Waals surface area (Å²) in [4.78, 5) is 14.9. The molecule has 10 heteroatoms. The van der Waals surface area contributed by atoms with Gasteiger partial charge in [-0.25, -0.2) is 0 Å². The number of rotatable bonds is 8. The van der Waals surface area contributed by atoms with Gasteiger partial charge in [-0.3, -0.25) is 10.1 Å².